The average molecular weight is 378 g/mol. The van der Waals surface area contributed by atoms with E-state index in [2.05, 4.69) is 19.7 Å². The van der Waals surface area contributed by atoms with Crippen molar-refractivity contribution in [2.24, 2.45) is 0 Å². The summed E-state index contributed by atoms with van der Waals surface area (Å²) < 4.78 is 15.4. The van der Waals surface area contributed by atoms with Gasteiger partial charge in [-0.15, -0.1) is 0 Å². The lowest BCUT2D eigenvalue weighted by Crippen LogP contribution is -2.11. The second kappa shape index (κ2) is 9.14. The van der Waals surface area contributed by atoms with Crippen LogP contribution in [0.4, 0.5) is 0 Å². The normalized spacial score (nSPS) is 9.75. The maximum Gasteiger partial charge on any atom is 0.338 e. The minimum absolute atomic E-state index is 0.0548. The van der Waals surface area contributed by atoms with Gasteiger partial charge in [0.15, 0.2) is 11.5 Å². The number of hydrogen-bond donors (Lipinski definition) is 0. The first-order valence-corrected chi connectivity index (χ1v) is 8.14. The van der Waals surface area contributed by atoms with Gasteiger partial charge in [-0.1, -0.05) is 37.9 Å². The molecule has 0 saturated heterocycles. The lowest BCUT2D eigenvalue weighted by atomic mass is 10.0. The van der Waals surface area contributed by atoms with Crippen molar-refractivity contribution in [3.05, 3.63) is 79.9 Å². The van der Waals surface area contributed by atoms with Gasteiger partial charge in [0.2, 0.25) is 0 Å². The predicted molar refractivity (Wildman–Crippen MR) is 104 cm³/mol. The molecule has 0 atom stereocenters. The molecule has 0 unspecified atom stereocenters. The summed E-state index contributed by atoms with van der Waals surface area (Å²) >= 11 is 0. The van der Waals surface area contributed by atoms with Crippen LogP contribution in [0.2, 0.25) is 0 Å². The van der Waals surface area contributed by atoms with Crippen molar-refractivity contribution < 1.29 is 28.6 Å². The van der Waals surface area contributed by atoms with Crippen LogP contribution < -0.4 is 14.2 Å². The van der Waals surface area contributed by atoms with Crippen molar-refractivity contribution in [1.82, 2.24) is 0 Å². The number of rotatable bonds is 7. The Morgan fingerprint density at radius 1 is 0.786 bits per heavy atom. The molecule has 0 aromatic heterocycles. The summed E-state index contributed by atoms with van der Waals surface area (Å²) in [6, 6.07) is 11.4. The number of esters is 3. The van der Waals surface area contributed by atoms with Crippen molar-refractivity contribution in [2.75, 3.05) is 0 Å². The van der Waals surface area contributed by atoms with Crippen molar-refractivity contribution >= 4 is 17.9 Å². The van der Waals surface area contributed by atoms with E-state index in [-0.39, 0.29) is 17.1 Å². The van der Waals surface area contributed by atoms with E-state index < -0.39 is 17.9 Å². The number of ether oxygens (including phenoxy) is 3. The summed E-state index contributed by atoms with van der Waals surface area (Å²) in [5, 5.41) is 0. The molecular weight excluding hydrogens is 360 g/mol. The maximum atomic E-state index is 11.8. The molecule has 2 aromatic rings. The van der Waals surface area contributed by atoms with Gasteiger partial charge in [-0.2, -0.15) is 0 Å². The van der Waals surface area contributed by atoms with Gasteiger partial charge < -0.3 is 14.2 Å². The van der Waals surface area contributed by atoms with Crippen LogP contribution in [0.5, 0.6) is 17.2 Å². The quantitative estimate of drug-likeness (QED) is 0.411. The third-order valence-corrected chi connectivity index (χ3v) is 3.44. The molecule has 0 amide bonds. The summed E-state index contributed by atoms with van der Waals surface area (Å²) in [4.78, 5) is 34.7. The Kier molecular flexibility index (Phi) is 6.65. The van der Waals surface area contributed by atoms with Crippen LogP contribution in [-0.2, 0) is 14.4 Å². The van der Waals surface area contributed by atoms with E-state index in [0.717, 1.165) is 17.7 Å². The molecule has 2 aromatic carbocycles. The SMILES string of the molecule is C=CC(=O)Oc1ccc(-c2ccc(OC(=O)C(=C)C)c(OC(=O)C=C)c2)cc1. The van der Waals surface area contributed by atoms with Gasteiger partial charge in [0, 0.05) is 17.7 Å². The van der Waals surface area contributed by atoms with E-state index in [1.807, 2.05) is 0 Å². The molecule has 0 fully saturated rings. The zero-order chi connectivity index (χ0) is 20.7. The van der Waals surface area contributed by atoms with Crippen LogP contribution in [-0.4, -0.2) is 17.9 Å². The standard InChI is InChI=1S/C22H18O6/c1-5-20(23)26-17-10-7-15(8-11-17)16-9-12-18(28-22(25)14(3)4)19(13-16)27-21(24)6-2/h5-13H,1-3H2,4H3. The van der Waals surface area contributed by atoms with Gasteiger partial charge in [-0.25, -0.2) is 14.4 Å². The third kappa shape index (κ3) is 5.28. The van der Waals surface area contributed by atoms with Gasteiger partial charge in [0.25, 0.3) is 0 Å². The molecule has 0 aliphatic carbocycles. The molecule has 0 heterocycles. The fraction of sp³-hybridized carbons (Fsp3) is 0.0455. The lowest BCUT2D eigenvalue weighted by Gasteiger charge is -2.12. The number of carbonyl (C=O) groups excluding carboxylic acids is 3. The van der Waals surface area contributed by atoms with Gasteiger partial charge in [0.05, 0.1) is 0 Å². The zero-order valence-corrected chi connectivity index (χ0v) is 15.3. The Labute approximate surface area is 162 Å². The van der Waals surface area contributed by atoms with Crippen LogP contribution in [0.15, 0.2) is 79.9 Å². The van der Waals surface area contributed by atoms with Crippen molar-refractivity contribution in [1.29, 1.82) is 0 Å². The van der Waals surface area contributed by atoms with E-state index in [9.17, 15) is 14.4 Å². The summed E-state index contributed by atoms with van der Waals surface area (Å²) in [5.74, 6) is -1.41. The molecule has 0 aliphatic rings. The fourth-order valence-electron chi connectivity index (χ4n) is 2.06. The summed E-state index contributed by atoms with van der Waals surface area (Å²) in [7, 11) is 0. The Morgan fingerprint density at radius 3 is 1.93 bits per heavy atom. The van der Waals surface area contributed by atoms with Gasteiger partial charge in [-0.3, -0.25) is 0 Å². The first-order valence-electron chi connectivity index (χ1n) is 8.14. The maximum absolute atomic E-state index is 11.8. The molecule has 0 bridgehead atoms. The first kappa shape index (κ1) is 20.4. The van der Waals surface area contributed by atoms with Gasteiger partial charge in [0.1, 0.15) is 5.75 Å². The molecule has 0 aliphatic heterocycles. The Morgan fingerprint density at radius 2 is 1.36 bits per heavy atom. The van der Waals surface area contributed by atoms with Crippen LogP contribution in [0.25, 0.3) is 11.1 Å². The molecule has 2 rings (SSSR count). The summed E-state index contributed by atoms with van der Waals surface area (Å²) in [5.41, 5.74) is 1.64. The average Bonchev–Trinajstić information content (AvgIpc) is 2.69. The van der Waals surface area contributed by atoms with Crippen molar-refractivity contribution in [3.8, 4) is 28.4 Å². The zero-order valence-electron chi connectivity index (χ0n) is 15.3. The second-order valence-corrected chi connectivity index (χ2v) is 5.61. The first-order chi connectivity index (χ1) is 13.3. The molecule has 0 saturated carbocycles. The minimum atomic E-state index is -0.698. The Balaban J connectivity index is 2.35. The number of hydrogen-bond acceptors (Lipinski definition) is 6. The summed E-state index contributed by atoms with van der Waals surface area (Å²) in [6.45, 7) is 11.7. The topological polar surface area (TPSA) is 78.9 Å². The van der Waals surface area contributed by atoms with Crippen molar-refractivity contribution in [2.45, 2.75) is 6.92 Å². The van der Waals surface area contributed by atoms with Gasteiger partial charge in [-0.05, 0) is 42.3 Å². The minimum Gasteiger partial charge on any atom is -0.423 e. The Bertz CT molecular complexity index is 953. The lowest BCUT2D eigenvalue weighted by molar-refractivity contribution is -0.132. The predicted octanol–water partition coefficient (Wildman–Crippen LogP) is 4.02. The molecule has 6 nitrogen and oxygen atoms in total. The highest BCUT2D eigenvalue weighted by Gasteiger charge is 2.15. The highest BCUT2D eigenvalue weighted by Crippen LogP contribution is 2.34. The summed E-state index contributed by atoms with van der Waals surface area (Å²) in [6.07, 6.45) is 2.07. The largest absolute Gasteiger partial charge is 0.423 e. The van der Waals surface area contributed by atoms with Crippen LogP contribution >= 0.6 is 0 Å². The van der Waals surface area contributed by atoms with E-state index in [0.29, 0.717) is 11.3 Å². The number of carbonyl (C=O) groups is 3. The van der Waals surface area contributed by atoms with Gasteiger partial charge >= 0.3 is 17.9 Å². The smallest absolute Gasteiger partial charge is 0.338 e. The van der Waals surface area contributed by atoms with Crippen LogP contribution in [0.1, 0.15) is 6.92 Å². The van der Waals surface area contributed by atoms with E-state index >= 15 is 0 Å². The fourth-order valence-corrected chi connectivity index (χ4v) is 2.06. The van der Waals surface area contributed by atoms with E-state index in [1.165, 1.54) is 13.0 Å². The molecular formula is C22H18O6. The molecule has 6 heteroatoms. The highest BCUT2D eigenvalue weighted by atomic mass is 16.6. The number of benzene rings is 2. The molecule has 0 N–H and O–H groups in total. The van der Waals surface area contributed by atoms with Crippen molar-refractivity contribution in [3.63, 3.8) is 0 Å². The monoisotopic (exact) mass is 378 g/mol. The van der Waals surface area contributed by atoms with E-state index in [1.54, 1.807) is 36.4 Å². The highest BCUT2D eigenvalue weighted by molar-refractivity contribution is 5.90. The Hall–Kier alpha value is -3.93. The molecule has 0 radical (unpaired) electrons. The molecule has 0 spiro atoms. The second-order valence-electron chi connectivity index (χ2n) is 5.61. The van der Waals surface area contributed by atoms with Crippen LogP contribution in [0, 0.1) is 0 Å². The van der Waals surface area contributed by atoms with Crippen LogP contribution in [0.3, 0.4) is 0 Å². The third-order valence-electron chi connectivity index (χ3n) is 3.44. The molecule has 142 valence electrons. The van der Waals surface area contributed by atoms with E-state index in [4.69, 9.17) is 14.2 Å². The molecule has 28 heavy (non-hydrogen) atoms.